The van der Waals surface area contributed by atoms with Gasteiger partial charge in [-0.05, 0) is 36.6 Å². The van der Waals surface area contributed by atoms with Gasteiger partial charge in [0.15, 0.2) is 0 Å². The molecule has 4 nitrogen and oxygen atoms in total. The molecule has 1 saturated heterocycles. The Labute approximate surface area is 116 Å². The summed E-state index contributed by atoms with van der Waals surface area (Å²) in [5, 5.41) is 3.77. The average molecular weight is 276 g/mol. The number of benzene rings is 1. The second-order valence-electron chi connectivity index (χ2n) is 5.12. The minimum atomic E-state index is -0.284. The van der Waals surface area contributed by atoms with Gasteiger partial charge in [-0.1, -0.05) is 0 Å². The molecule has 0 radical (unpaired) electrons. The van der Waals surface area contributed by atoms with E-state index in [4.69, 9.17) is 4.74 Å². The van der Waals surface area contributed by atoms with Crippen LogP contribution in [0.15, 0.2) is 24.4 Å². The number of nitrogens with one attached hydrogen (secondary N) is 2. The SMILES string of the molecule is O=C(Cc1c[nH]c2cc(F)ccc12)NCC1CCCO1. The molecule has 1 amide bonds. The van der Waals surface area contributed by atoms with Crippen LogP contribution >= 0.6 is 0 Å². The molecular formula is C15H17FN2O2. The van der Waals surface area contributed by atoms with Crippen LogP contribution in [0.4, 0.5) is 4.39 Å². The number of amides is 1. The van der Waals surface area contributed by atoms with Gasteiger partial charge in [-0.15, -0.1) is 0 Å². The molecule has 3 rings (SSSR count). The number of hydrogen-bond acceptors (Lipinski definition) is 2. The zero-order valence-corrected chi connectivity index (χ0v) is 11.1. The van der Waals surface area contributed by atoms with Crippen LogP contribution in [0.3, 0.4) is 0 Å². The van der Waals surface area contributed by atoms with Gasteiger partial charge in [-0.3, -0.25) is 4.79 Å². The first-order valence-corrected chi connectivity index (χ1v) is 6.86. The summed E-state index contributed by atoms with van der Waals surface area (Å²) in [6.07, 6.45) is 4.27. The van der Waals surface area contributed by atoms with E-state index in [1.165, 1.54) is 12.1 Å². The highest BCUT2D eigenvalue weighted by Crippen LogP contribution is 2.19. The van der Waals surface area contributed by atoms with Gasteiger partial charge in [-0.25, -0.2) is 4.39 Å². The molecule has 1 fully saturated rings. The van der Waals surface area contributed by atoms with Crippen molar-refractivity contribution < 1.29 is 13.9 Å². The summed E-state index contributed by atoms with van der Waals surface area (Å²) in [7, 11) is 0. The van der Waals surface area contributed by atoms with Crippen molar-refractivity contribution in [3.63, 3.8) is 0 Å². The maximum atomic E-state index is 13.1. The Bertz CT molecular complexity index is 617. The first kappa shape index (κ1) is 13.1. The topological polar surface area (TPSA) is 54.1 Å². The van der Waals surface area contributed by atoms with Crippen LogP contribution in [0.25, 0.3) is 10.9 Å². The molecule has 0 saturated carbocycles. The summed E-state index contributed by atoms with van der Waals surface area (Å²) >= 11 is 0. The molecular weight excluding hydrogens is 259 g/mol. The fourth-order valence-corrected chi connectivity index (χ4v) is 2.57. The molecule has 1 aliphatic heterocycles. The number of carbonyl (C=O) groups is 1. The molecule has 1 aromatic heterocycles. The number of hydrogen-bond donors (Lipinski definition) is 2. The first-order chi connectivity index (χ1) is 9.72. The Morgan fingerprint density at radius 1 is 1.50 bits per heavy atom. The molecule has 1 atom stereocenters. The van der Waals surface area contributed by atoms with E-state index in [9.17, 15) is 9.18 Å². The van der Waals surface area contributed by atoms with Gasteiger partial charge in [-0.2, -0.15) is 0 Å². The predicted octanol–water partition coefficient (Wildman–Crippen LogP) is 2.14. The second kappa shape index (κ2) is 5.63. The van der Waals surface area contributed by atoms with Crippen molar-refractivity contribution in [2.45, 2.75) is 25.4 Å². The van der Waals surface area contributed by atoms with Gasteiger partial charge in [0.1, 0.15) is 5.82 Å². The Hall–Kier alpha value is -1.88. The van der Waals surface area contributed by atoms with Crippen molar-refractivity contribution in [3.8, 4) is 0 Å². The van der Waals surface area contributed by atoms with Gasteiger partial charge in [0.25, 0.3) is 0 Å². The summed E-state index contributed by atoms with van der Waals surface area (Å²) in [5.74, 6) is -0.320. The maximum Gasteiger partial charge on any atom is 0.224 e. The molecule has 20 heavy (non-hydrogen) atoms. The highest BCUT2D eigenvalue weighted by Gasteiger charge is 2.16. The van der Waals surface area contributed by atoms with Crippen molar-refractivity contribution in [1.29, 1.82) is 0 Å². The lowest BCUT2D eigenvalue weighted by atomic mass is 10.1. The second-order valence-corrected chi connectivity index (χ2v) is 5.12. The molecule has 0 spiro atoms. The lowest BCUT2D eigenvalue weighted by Gasteiger charge is -2.10. The zero-order valence-electron chi connectivity index (χ0n) is 11.1. The summed E-state index contributed by atoms with van der Waals surface area (Å²) in [6, 6.07) is 4.54. The monoisotopic (exact) mass is 276 g/mol. The molecule has 5 heteroatoms. The van der Waals surface area contributed by atoms with E-state index in [0.717, 1.165) is 30.4 Å². The summed E-state index contributed by atoms with van der Waals surface area (Å²) in [6.45, 7) is 1.35. The molecule has 106 valence electrons. The van der Waals surface area contributed by atoms with E-state index in [0.29, 0.717) is 18.5 Å². The fraction of sp³-hybridized carbons (Fsp3) is 0.400. The van der Waals surface area contributed by atoms with Crippen molar-refractivity contribution in [2.75, 3.05) is 13.2 Å². The Balaban J connectivity index is 1.62. The fourth-order valence-electron chi connectivity index (χ4n) is 2.57. The number of rotatable bonds is 4. The van der Waals surface area contributed by atoms with Crippen LogP contribution in [0.1, 0.15) is 18.4 Å². The van der Waals surface area contributed by atoms with E-state index in [-0.39, 0.29) is 17.8 Å². The number of halogens is 1. The van der Waals surface area contributed by atoms with Crippen LogP contribution in [0.5, 0.6) is 0 Å². The highest BCUT2D eigenvalue weighted by molar-refractivity contribution is 5.88. The van der Waals surface area contributed by atoms with E-state index in [1.54, 1.807) is 12.3 Å². The van der Waals surface area contributed by atoms with Crippen molar-refractivity contribution in [1.82, 2.24) is 10.3 Å². The minimum absolute atomic E-state index is 0.0364. The number of aromatic amines is 1. The zero-order chi connectivity index (χ0) is 13.9. The smallest absolute Gasteiger partial charge is 0.224 e. The number of aromatic nitrogens is 1. The molecule has 1 aliphatic rings. The number of fused-ring (bicyclic) bond motifs is 1. The van der Waals surface area contributed by atoms with E-state index >= 15 is 0 Å². The van der Waals surface area contributed by atoms with Crippen molar-refractivity contribution in [3.05, 3.63) is 35.8 Å². The van der Waals surface area contributed by atoms with E-state index < -0.39 is 0 Å². The molecule has 2 aromatic rings. The number of ether oxygens (including phenoxy) is 1. The van der Waals surface area contributed by atoms with Crippen LogP contribution in [0, 0.1) is 5.82 Å². The van der Waals surface area contributed by atoms with Crippen molar-refractivity contribution >= 4 is 16.8 Å². The largest absolute Gasteiger partial charge is 0.376 e. The molecule has 1 aromatic carbocycles. The third-order valence-corrected chi connectivity index (χ3v) is 3.63. The highest BCUT2D eigenvalue weighted by atomic mass is 19.1. The maximum absolute atomic E-state index is 13.1. The first-order valence-electron chi connectivity index (χ1n) is 6.86. The van der Waals surface area contributed by atoms with E-state index in [2.05, 4.69) is 10.3 Å². The quantitative estimate of drug-likeness (QED) is 0.899. The lowest BCUT2D eigenvalue weighted by Crippen LogP contribution is -2.32. The molecule has 0 bridgehead atoms. The van der Waals surface area contributed by atoms with Crippen LogP contribution in [0.2, 0.25) is 0 Å². The summed E-state index contributed by atoms with van der Waals surface area (Å²) < 4.78 is 18.5. The van der Waals surface area contributed by atoms with Crippen LogP contribution in [-0.4, -0.2) is 30.1 Å². The molecule has 0 aliphatic carbocycles. The predicted molar refractivity (Wildman–Crippen MR) is 73.9 cm³/mol. The Kier molecular flexibility index (Phi) is 3.69. The average Bonchev–Trinajstić information content (AvgIpc) is 3.06. The van der Waals surface area contributed by atoms with Gasteiger partial charge in [0.2, 0.25) is 5.91 Å². The van der Waals surface area contributed by atoms with Gasteiger partial charge in [0.05, 0.1) is 12.5 Å². The Morgan fingerprint density at radius 3 is 3.20 bits per heavy atom. The number of H-pyrrole nitrogens is 1. The normalized spacial score (nSPS) is 18.6. The van der Waals surface area contributed by atoms with Crippen LogP contribution < -0.4 is 5.32 Å². The van der Waals surface area contributed by atoms with Crippen LogP contribution in [-0.2, 0) is 16.0 Å². The third-order valence-electron chi connectivity index (χ3n) is 3.63. The van der Waals surface area contributed by atoms with Gasteiger partial charge in [0, 0.05) is 30.3 Å². The molecule has 2 N–H and O–H groups in total. The Morgan fingerprint density at radius 2 is 2.40 bits per heavy atom. The van der Waals surface area contributed by atoms with Crippen molar-refractivity contribution in [2.24, 2.45) is 0 Å². The van der Waals surface area contributed by atoms with Gasteiger partial charge >= 0.3 is 0 Å². The molecule has 2 heterocycles. The standard InChI is InChI=1S/C15H17FN2O2/c16-11-3-4-13-10(8-17-14(13)7-11)6-15(19)18-9-12-2-1-5-20-12/h3-4,7-8,12,17H,1-2,5-6,9H2,(H,18,19). The van der Waals surface area contributed by atoms with Gasteiger partial charge < -0.3 is 15.0 Å². The molecule has 1 unspecified atom stereocenters. The lowest BCUT2D eigenvalue weighted by molar-refractivity contribution is -0.120. The number of carbonyl (C=O) groups excluding carboxylic acids is 1. The third kappa shape index (κ3) is 2.82. The summed E-state index contributed by atoms with van der Waals surface area (Å²) in [5.41, 5.74) is 1.59. The minimum Gasteiger partial charge on any atom is -0.376 e. The van der Waals surface area contributed by atoms with E-state index in [1.807, 2.05) is 0 Å². The summed E-state index contributed by atoms with van der Waals surface area (Å²) in [4.78, 5) is 14.9.